The Morgan fingerprint density at radius 1 is 1.26 bits per heavy atom. The van der Waals surface area contributed by atoms with Crippen molar-refractivity contribution in [3.63, 3.8) is 0 Å². The van der Waals surface area contributed by atoms with E-state index in [0.717, 1.165) is 0 Å². The molecule has 0 saturated carbocycles. The zero-order chi connectivity index (χ0) is 14.0. The van der Waals surface area contributed by atoms with Crippen LogP contribution in [-0.4, -0.2) is 57.1 Å². The number of amides is 1. The molecule has 0 radical (unpaired) electrons. The third-order valence-electron chi connectivity index (χ3n) is 2.87. The van der Waals surface area contributed by atoms with Crippen LogP contribution in [0.1, 0.15) is 10.4 Å². The second kappa shape index (κ2) is 5.35. The molecule has 1 heterocycles. The Kier molecular flexibility index (Phi) is 3.79. The van der Waals surface area contributed by atoms with Gasteiger partial charge in [-0.05, 0) is 12.1 Å². The number of benzene rings is 1. The van der Waals surface area contributed by atoms with Crippen molar-refractivity contribution in [1.29, 1.82) is 0 Å². The van der Waals surface area contributed by atoms with Gasteiger partial charge in [-0.25, -0.2) is 4.79 Å². The van der Waals surface area contributed by atoms with Gasteiger partial charge in [-0.3, -0.25) is 4.79 Å². The van der Waals surface area contributed by atoms with E-state index in [9.17, 15) is 19.8 Å². The summed E-state index contributed by atoms with van der Waals surface area (Å²) in [6, 6.07) is 6.76. The van der Waals surface area contributed by atoms with E-state index in [0.29, 0.717) is 5.06 Å². The first-order valence-electron chi connectivity index (χ1n) is 5.63. The largest absolute Gasteiger partial charge is 0.394 e. The monoisotopic (exact) mass is 267 g/mol. The van der Waals surface area contributed by atoms with Crippen LogP contribution >= 0.6 is 0 Å². The Labute approximate surface area is 108 Å². The van der Waals surface area contributed by atoms with Crippen LogP contribution in [0.3, 0.4) is 0 Å². The molecule has 3 N–H and O–H groups in total. The van der Waals surface area contributed by atoms with Gasteiger partial charge in [0.2, 0.25) is 0 Å². The summed E-state index contributed by atoms with van der Waals surface area (Å²) < 4.78 is 0. The normalized spacial score (nSPS) is 26.6. The van der Waals surface area contributed by atoms with Gasteiger partial charge in [-0.15, -0.1) is 0 Å². The van der Waals surface area contributed by atoms with E-state index >= 15 is 0 Å². The van der Waals surface area contributed by atoms with E-state index < -0.39 is 36.7 Å². The van der Waals surface area contributed by atoms with Crippen LogP contribution < -0.4 is 0 Å². The minimum absolute atomic E-state index is 0.211. The van der Waals surface area contributed by atoms with E-state index in [2.05, 4.69) is 0 Å². The summed E-state index contributed by atoms with van der Waals surface area (Å²) in [5, 5.41) is 28.5. The standard InChI is InChI=1S/C12H13NO6/c14-6-8-9(15)10(16)11(17)13(8)19-12(18)7-4-2-1-3-5-7/h1-5,8-10,14-16H,6H2. The third-order valence-corrected chi connectivity index (χ3v) is 2.87. The molecule has 1 aromatic rings. The van der Waals surface area contributed by atoms with Gasteiger partial charge in [-0.1, -0.05) is 18.2 Å². The van der Waals surface area contributed by atoms with Gasteiger partial charge in [-0.2, -0.15) is 5.06 Å². The van der Waals surface area contributed by atoms with E-state index in [1.54, 1.807) is 18.2 Å². The summed E-state index contributed by atoms with van der Waals surface area (Å²) in [5.74, 6) is -1.77. The highest BCUT2D eigenvalue weighted by Gasteiger charge is 2.49. The quantitative estimate of drug-likeness (QED) is 0.627. The molecule has 2 rings (SSSR count). The second-order valence-corrected chi connectivity index (χ2v) is 4.09. The fourth-order valence-corrected chi connectivity index (χ4v) is 1.80. The molecule has 7 heteroatoms. The number of aliphatic hydroxyl groups excluding tert-OH is 3. The average Bonchev–Trinajstić information content (AvgIpc) is 2.64. The van der Waals surface area contributed by atoms with Crippen LogP contribution in [0.4, 0.5) is 0 Å². The Morgan fingerprint density at radius 3 is 2.47 bits per heavy atom. The maximum absolute atomic E-state index is 11.8. The molecule has 1 aromatic carbocycles. The highest BCUT2D eigenvalue weighted by molar-refractivity contribution is 5.91. The molecular formula is C12H13NO6. The molecule has 102 valence electrons. The summed E-state index contributed by atoms with van der Waals surface area (Å²) in [5.41, 5.74) is 0.211. The van der Waals surface area contributed by atoms with Gasteiger partial charge in [0, 0.05) is 0 Å². The lowest BCUT2D eigenvalue weighted by atomic mass is 10.1. The first-order valence-corrected chi connectivity index (χ1v) is 5.63. The SMILES string of the molecule is O=C(ON1C(=O)C(O)C(O)C1CO)c1ccccc1. The first kappa shape index (κ1) is 13.5. The van der Waals surface area contributed by atoms with Crippen LogP contribution in [0.5, 0.6) is 0 Å². The van der Waals surface area contributed by atoms with E-state index in [4.69, 9.17) is 9.94 Å². The molecule has 0 bridgehead atoms. The molecule has 0 aliphatic carbocycles. The van der Waals surface area contributed by atoms with Crippen LogP contribution in [0.25, 0.3) is 0 Å². The highest BCUT2D eigenvalue weighted by Crippen LogP contribution is 2.21. The van der Waals surface area contributed by atoms with Crippen molar-refractivity contribution in [2.45, 2.75) is 18.2 Å². The Balaban J connectivity index is 2.14. The molecule has 19 heavy (non-hydrogen) atoms. The molecule has 3 unspecified atom stereocenters. The van der Waals surface area contributed by atoms with Gasteiger partial charge >= 0.3 is 5.97 Å². The van der Waals surface area contributed by atoms with Crippen molar-refractivity contribution in [2.75, 3.05) is 6.61 Å². The van der Waals surface area contributed by atoms with Crippen molar-refractivity contribution < 1.29 is 29.7 Å². The van der Waals surface area contributed by atoms with E-state index in [1.807, 2.05) is 0 Å². The lowest BCUT2D eigenvalue weighted by Crippen LogP contribution is -2.41. The molecule has 1 amide bonds. The molecule has 0 aromatic heterocycles. The predicted octanol–water partition coefficient (Wildman–Crippen LogP) is -1.32. The molecule has 7 nitrogen and oxygen atoms in total. The smallest absolute Gasteiger partial charge is 0.363 e. The van der Waals surface area contributed by atoms with E-state index in [1.165, 1.54) is 12.1 Å². The number of nitrogens with zero attached hydrogens (tertiary/aromatic N) is 1. The lowest BCUT2D eigenvalue weighted by molar-refractivity contribution is -0.175. The molecule has 0 spiro atoms. The minimum atomic E-state index is -1.71. The fraction of sp³-hybridized carbons (Fsp3) is 0.333. The molecule has 1 saturated heterocycles. The summed E-state index contributed by atoms with van der Waals surface area (Å²) in [6.07, 6.45) is -3.21. The minimum Gasteiger partial charge on any atom is -0.394 e. The number of carbonyl (C=O) groups excluding carboxylic acids is 2. The van der Waals surface area contributed by atoms with Crippen LogP contribution in [0.15, 0.2) is 30.3 Å². The number of hydroxylamine groups is 2. The molecule has 1 aliphatic rings. The third kappa shape index (κ3) is 2.43. The molecule has 1 fully saturated rings. The zero-order valence-corrected chi connectivity index (χ0v) is 9.84. The number of carbonyl (C=O) groups is 2. The average molecular weight is 267 g/mol. The van der Waals surface area contributed by atoms with Crippen LogP contribution in [-0.2, 0) is 9.63 Å². The number of hydrogen-bond donors (Lipinski definition) is 3. The number of rotatable bonds is 3. The number of hydrogen-bond acceptors (Lipinski definition) is 6. The Bertz CT molecular complexity index is 476. The van der Waals surface area contributed by atoms with Gasteiger partial charge in [0.15, 0.2) is 6.10 Å². The van der Waals surface area contributed by atoms with Crippen LogP contribution in [0, 0.1) is 0 Å². The summed E-state index contributed by atoms with van der Waals surface area (Å²) in [4.78, 5) is 28.2. The molecule has 3 atom stereocenters. The molecular weight excluding hydrogens is 254 g/mol. The number of aliphatic hydroxyl groups is 3. The van der Waals surface area contributed by atoms with Crippen molar-refractivity contribution in [3.05, 3.63) is 35.9 Å². The van der Waals surface area contributed by atoms with Crippen LogP contribution in [0.2, 0.25) is 0 Å². The highest BCUT2D eigenvalue weighted by atomic mass is 16.7. The van der Waals surface area contributed by atoms with Crippen molar-refractivity contribution in [2.24, 2.45) is 0 Å². The Hall–Kier alpha value is -1.96. The lowest BCUT2D eigenvalue weighted by Gasteiger charge is -2.22. The predicted molar refractivity (Wildman–Crippen MR) is 61.6 cm³/mol. The van der Waals surface area contributed by atoms with E-state index in [-0.39, 0.29) is 5.56 Å². The zero-order valence-electron chi connectivity index (χ0n) is 9.84. The topological polar surface area (TPSA) is 107 Å². The molecule has 1 aliphatic heterocycles. The Morgan fingerprint density at radius 2 is 1.89 bits per heavy atom. The van der Waals surface area contributed by atoms with Crippen molar-refractivity contribution >= 4 is 11.9 Å². The first-order chi connectivity index (χ1) is 9.06. The maximum Gasteiger partial charge on any atom is 0.363 e. The van der Waals surface area contributed by atoms with Gasteiger partial charge < -0.3 is 20.2 Å². The van der Waals surface area contributed by atoms with Gasteiger partial charge in [0.05, 0.1) is 12.2 Å². The second-order valence-electron chi connectivity index (χ2n) is 4.09. The summed E-state index contributed by atoms with van der Waals surface area (Å²) in [7, 11) is 0. The summed E-state index contributed by atoms with van der Waals surface area (Å²) in [6.45, 7) is -0.633. The van der Waals surface area contributed by atoms with Gasteiger partial charge in [0.1, 0.15) is 12.1 Å². The van der Waals surface area contributed by atoms with Crippen molar-refractivity contribution in [3.8, 4) is 0 Å². The van der Waals surface area contributed by atoms with Gasteiger partial charge in [0.25, 0.3) is 5.91 Å². The van der Waals surface area contributed by atoms with Crippen molar-refractivity contribution in [1.82, 2.24) is 5.06 Å². The fourth-order valence-electron chi connectivity index (χ4n) is 1.80. The summed E-state index contributed by atoms with van der Waals surface area (Å²) >= 11 is 0. The maximum atomic E-state index is 11.8.